The molecule has 0 aliphatic rings. The van der Waals surface area contributed by atoms with Crippen LogP contribution in [-0.2, 0) is 36.8 Å². The smallest absolute Gasteiger partial charge is 0.326 e. The maximum atomic E-state index is 13.0. The molecule has 4 amide bonds. The summed E-state index contributed by atoms with van der Waals surface area (Å²) in [6, 6.07) is 10.1. The highest BCUT2D eigenvalue weighted by atomic mass is 16.4. The average molecular weight is 586 g/mol. The zero-order chi connectivity index (χ0) is 31.2. The molecule has 0 radical (unpaired) electrons. The van der Waals surface area contributed by atoms with Gasteiger partial charge in [0.2, 0.25) is 23.6 Å². The molecule has 0 bridgehead atoms. The van der Waals surface area contributed by atoms with E-state index in [1.165, 1.54) is 12.1 Å². The summed E-state index contributed by atoms with van der Waals surface area (Å²) in [7, 11) is 0. The van der Waals surface area contributed by atoms with Crippen LogP contribution >= 0.6 is 0 Å². The van der Waals surface area contributed by atoms with Crippen LogP contribution in [0.5, 0.6) is 5.75 Å². The van der Waals surface area contributed by atoms with Gasteiger partial charge in [0.05, 0.1) is 19.2 Å². The van der Waals surface area contributed by atoms with Crippen molar-refractivity contribution in [2.45, 2.75) is 57.3 Å². The third-order valence-corrected chi connectivity index (χ3v) is 6.22. The van der Waals surface area contributed by atoms with Crippen molar-refractivity contribution in [2.24, 2.45) is 11.7 Å². The normalized spacial score (nSPS) is 13.7. The van der Waals surface area contributed by atoms with Crippen LogP contribution in [0.4, 0.5) is 0 Å². The Kier molecular flexibility index (Phi) is 13.4. The fourth-order valence-corrected chi connectivity index (χ4v) is 4.01. The number of hydrogen-bond acceptors (Lipinski definition) is 8. The van der Waals surface area contributed by atoms with Crippen LogP contribution in [-0.4, -0.2) is 82.2 Å². The van der Waals surface area contributed by atoms with Gasteiger partial charge in [-0.25, -0.2) is 4.79 Å². The van der Waals surface area contributed by atoms with E-state index in [4.69, 9.17) is 5.73 Å². The minimum Gasteiger partial charge on any atom is -0.508 e. The number of rotatable bonds is 16. The summed E-state index contributed by atoms with van der Waals surface area (Å²) in [5.41, 5.74) is 7.30. The quantitative estimate of drug-likeness (QED) is 0.123. The Balaban J connectivity index is 1.98. The number of phenolic OH excluding ortho intramolecular Hbond substituents is 1. The summed E-state index contributed by atoms with van der Waals surface area (Å²) < 4.78 is 0. The first-order chi connectivity index (χ1) is 19.9. The average Bonchev–Trinajstić information content (AvgIpc) is 2.95. The topological polar surface area (TPSA) is 220 Å². The van der Waals surface area contributed by atoms with Gasteiger partial charge in [-0.1, -0.05) is 56.3 Å². The second-order valence-corrected chi connectivity index (χ2v) is 10.3. The molecule has 0 saturated heterocycles. The lowest BCUT2D eigenvalue weighted by molar-refractivity contribution is -0.142. The van der Waals surface area contributed by atoms with E-state index in [-0.39, 0.29) is 30.9 Å². The fraction of sp³-hybridized carbons (Fsp3) is 0.414. The third kappa shape index (κ3) is 11.6. The number of nitrogens with one attached hydrogen (secondary N) is 4. The molecule has 0 spiro atoms. The fourth-order valence-electron chi connectivity index (χ4n) is 4.01. The number of carboxylic acid groups (broad SMARTS) is 1. The lowest BCUT2D eigenvalue weighted by atomic mass is 10.0. The van der Waals surface area contributed by atoms with Gasteiger partial charge in [-0.15, -0.1) is 0 Å². The van der Waals surface area contributed by atoms with Crippen LogP contribution < -0.4 is 27.0 Å². The number of aliphatic hydroxyl groups excluding tert-OH is 1. The highest BCUT2D eigenvalue weighted by Gasteiger charge is 2.28. The molecule has 0 aliphatic heterocycles. The molecule has 42 heavy (non-hydrogen) atoms. The summed E-state index contributed by atoms with van der Waals surface area (Å²) >= 11 is 0. The molecule has 0 aliphatic carbocycles. The van der Waals surface area contributed by atoms with E-state index in [1.54, 1.807) is 42.5 Å². The first-order valence-corrected chi connectivity index (χ1v) is 13.5. The first-order valence-electron chi connectivity index (χ1n) is 13.5. The number of phenols is 1. The van der Waals surface area contributed by atoms with Gasteiger partial charge in [0.1, 0.15) is 23.9 Å². The van der Waals surface area contributed by atoms with E-state index >= 15 is 0 Å². The van der Waals surface area contributed by atoms with Crippen LogP contribution in [0.1, 0.15) is 31.4 Å². The molecule has 2 aromatic carbocycles. The predicted molar refractivity (Wildman–Crippen MR) is 153 cm³/mol. The molecule has 9 N–H and O–H groups in total. The number of aromatic hydroxyl groups is 1. The van der Waals surface area contributed by atoms with Crippen LogP contribution in [0.2, 0.25) is 0 Å². The number of hydrogen-bond donors (Lipinski definition) is 8. The Bertz CT molecular complexity index is 1210. The summed E-state index contributed by atoms with van der Waals surface area (Å²) in [5, 5.41) is 38.2. The molecule has 228 valence electrons. The van der Waals surface area contributed by atoms with Gasteiger partial charge < -0.3 is 42.3 Å². The molecule has 0 heterocycles. The number of carbonyl (C=O) groups is 5. The van der Waals surface area contributed by atoms with Gasteiger partial charge in [-0.2, -0.15) is 0 Å². The van der Waals surface area contributed by atoms with Gasteiger partial charge in [0.25, 0.3) is 0 Å². The van der Waals surface area contributed by atoms with Gasteiger partial charge in [-0.3, -0.25) is 19.2 Å². The Morgan fingerprint density at radius 3 is 1.93 bits per heavy atom. The first kappa shape index (κ1) is 33.7. The molecular weight excluding hydrogens is 546 g/mol. The second kappa shape index (κ2) is 16.7. The van der Waals surface area contributed by atoms with Crippen molar-refractivity contribution in [1.29, 1.82) is 0 Å². The predicted octanol–water partition coefficient (Wildman–Crippen LogP) is -0.802. The van der Waals surface area contributed by atoms with Crippen molar-refractivity contribution in [2.75, 3.05) is 13.2 Å². The van der Waals surface area contributed by atoms with Crippen LogP contribution in [0.15, 0.2) is 54.6 Å². The highest BCUT2D eigenvalue weighted by Crippen LogP contribution is 2.11. The van der Waals surface area contributed by atoms with Crippen molar-refractivity contribution in [1.82, 2.24) is 21.3 Å². The van der Waals surface area contributed by atoms with Crippen molar-refractivity contribution in [3.63, 3.8) is 0 Å². The monoisotopic (exact) mass is 585 g/mol. The summed E-state index contributed by atoms with van der Waals surface area (Å²) in [4.78, 5) is 62.4. The molecule has 4 atom stereocenters. The Labute approximate surface area is 243 Å². The van der Waals surface area contributed by atoms with Crippen molar-refractivity contribution < 1.29 is 39.3 Å². The van der Waals surface area contributed by atoms with Crippen molar-refractivity contribution in [3.05, 3.63) is 65.7 Å². The number of carbonyl (C=O) groups excluding carboxylic acids is 4. The van der Waals surface area contributed by atoms with Gasteiger partial charge >= 0.3 is 5.97 Å². The molecule has 0 fully saturated rings. The van der Waals surface area contributed by atoms with E-state index in [0.717, 1.165) is 0 Å². The largest absolute Gasteiger partial charge is 0.508 e. The van der Waals surface area contributed by atoms with Crippen LogP contribution in [0.3, 0.4) is 0 Å². The maximum Gasteiger partial charge on any atom is 0.326 e. The lowest BCUT2D eigenvalue weighted by Gasteiger charge is -2.23. The lowest BCUT2D eigenvalue weighted by Crippen LogP contribution is -2.56. The Hall–Kier alpha value is -4.49. The number of benzene rings is 2. The van der Waals surface area contributed by atoms with Crippen LogP contribution in [0.25, 0.3) is 0 Å². The summed E-state index contributed by atoms with van der Waals surface area (Å²) in [6.45, 7) is 2.28. The number of nitrogens with two attached hydrogens (primary N) is 1. The third-order valence-electron chi connectivity index (χ3n) is 6.22. The molecule has 0 unspecified atom stereocenters. The second-order valence-electron chi connectivity index (χ2n) is 10.3. The number of amides is 4. The molecule has 2 rings (SSSR count). The van der Waals surface area contributed by atoms with Gasteiger partial charge in [0, 0.05) is 6.42 Å². The Morgan fingerprint density at radius 1 is 0.762 bits per heavy atom. The zero-order valence-electron chi connectivity index (χ0n) is 23.6. The van der Waals surface area contributed by atoms with Gasteiger partial charge in [0.15, 0.2) is 0 Å². The number of carboxylic acids is 1. The van der Waals surface area contributed by atoms with Gasteiger partial charge in [-0.05, 0) is 42.0 Å². The van der Waals surface area contributed by atoms with Crippen molar-refractivity contribution >= 4 is 29.6 Å². The molecule has 0 saturated carbocycles. The molecule has 2 aromatic rings. The van der Waals surface area contributed by atoms with E-state index in [0.29, 0.717) is 11.1 Å². The molecule has 13 nitrogen and oxygen atoms in total. The molecular formula is C29H39N5O8. The van der Waals surface area contributed by atoms with Crippen LogP contribution in [0, 0.1) is 5.92 Å². The minimum absolute atomic E-state index is 0.00824. The standard InChI is InChI=1S/C29H39N5O8/c1-17(2)12-23(29(41)42)33-28(40)22(14-18-6-4-3-5-7-18)32-25(37)15-31-27(39)24(16-35)34-26(38)21(30)13-19-8-10-20(36)11-9-19/h3-11,17,21-24,35-36H,12-16,30H2,1-2H3,(H,31,39)(H,32,37)(H,33,40)(H,34,38)(H,41,42)/t21-,22-,23-,24-/m0/s1. The van der Waals surface area contributed by atoms with E-state index in [9.17, 15) is 39.3 Å². The molecule has 13 heteroatoms. The minimum atomic E-state index is -1.40. The maximum absolute atomic E-state index is 13.0. The van der Waals surface area contributed by atoms with E-state index in [2.05, 4.69) is 21.3 Å². The van der Waals surface area contributed by atoms with E-state index in [1.807, 2.05) is 13.8 Å². The van der Waals surface area contributed by atoms with E-state index < -0.39 is 66.9 Å². The zero-order valence-corrected chi connectivity index (χ0v) is 23.6. The summed E-state index contributed by atoms with van der Waals surface area (Å²) in [6.07, 6.45) is 0.365. The molecule has 0 aromatic heterocycles. The highest BCUT2D eigenvalue weighted by molar-refractivity contribution is 5.94. The SMILES string of the molecule is CC(C)C[C@H](NC(=O)[C@H](Cc1ccccc1)NC(=O)CNC(=O)[C@H](CO)NC(=O)[C@@H](N)Cc1ccc(O)cc1)C(=O)O. The van der Waals surface area contributed by atoms with Crippen molar-refractivity contribution in [3.8, 4) is 5.75 Å². The summed E-state index contributed by atoms with van der Waals surface area (Å²) in [5.74, 6) is -4.17. The Morgan fingerprint density at radius 2 is 1.36 bits per heavy atom. The number of aliphatic carboxylic acids is 1. The number of aliphatic hydroxyl groups is 1.